The minimum atomic E-state index is -0.857. The molecule has 3 rings (SSSR count). The molecule has 35 heavy (non-hydrogen) atoms. The van der Waals surface area contributed by atoms with E-state index in [0.717, 1.165) is 22.0 Å². The SMILES string of the molecule is C[C@H](N)C(=O)N[C@H](Cc1c[nH]c2ccccc12)C(=O)N[C@@H](CONCC(N)=O)Cc1ccccc1. The Morgan fingerprint density at radius 3 is 2.40 bits per heavy atom. The zero-order valence-electron chi connectivity index (χ0n) is 19.6. The van der Waals surface area contributed by atoms with Crippen LogP contribution < -0.4 is 27.6 Å². The van der Waals surface area contributed by atoms with Gasteiger partial charge in [0.25, 0.3) is 0 Å². The smallest absolute Gasteiger partial charge is 0.243 e. The van der Waals surface area contributed by atoms with Crippen LogP contribution in [0, 0.1) is 0 Å². The number of carbonyl (C=O) groups excluding carboxylic acids is 3. The lowest BCUT2D eigenvalue weighted by atomic mass is 10.0. The molecule has 0 saturated carbocycles. The molecule has 3 atom stereocenters. The molecule has 0 fully saturated rings. The van der Waals surface area contributed by atoms with Gasteiger partial charge >= 0.3 is 0 Å². The van der Waals surface area contributed by atoms with E-state index in [1.165, 1.54) is 0 Å². The van der Waals surface area contributed by atoms with Crippen molar-refractivity contribution in [3.05, 3.63) is 71.9 Å². The van der Waals surface area contributed by atoms with Gasteiger partial charge in [-0.05, 0) is 30.5 Å². The molecule has 1 heterocycles. The highest BCUT2D eigenvalue weighted by Crippen LogP contribution is 2.19. The van der Waals surface area contributed by atoms with Crippen LogP contribution in [-0.2, 0) is 32.1 Å². The number of H-pyrrole nitrogens is 1. The summed E-state index contributed by atoms with van der Waals surface area (Å²) in [6.07, 6.45) is 2.58. The number of nitrogens with two attached hydrogens (primary N) is 2. The van der Waals surface area contributed by atoms with E-state index in [1.807, 2.05) is 60.8 Å². The van der Waals surface area contributed by atoms with Crippen LogP contribution >= 0.6 is 0 Å². The molecular weight excluding hydrogens is 448 g/mol. The van der Waals surface area contributed by atoms with E-state index in [2.05, 4.69) is 21.1 Å². The van der Waals surface area contributed by atoms with Crippen LogP contribution in [-0.4, -0.2) is 54.0 Å². The fraction of sp³-hybridized carbons (Fsp3) is 0.320. The van der Waals surface area contributed by atoms with E-state index >= 15 is 0 Å². The number of fused-ring (bicyclic) bond motifs is 1. The Morgan fingerprint density at radius 2 is 1.69 bits per heavy atom. The first-order valence-electron chi connectivity index (χ1n) is 11.4. The lowest BCUT2D eigenvalue weighted by molar-refractivity contribution is -0.130. The van der Waals surface area contributed by atoms with Crippen LogP contribution in [0.5, 0.6) is 0 Å². The van der Waals surface area contributed by atoms with Gasteiger partial charge in [-0.15, -0.1) is 0 Å². The summed E-state index contributed by atoms with van der Waals surface area (Å²) in [7, 11) is 0. The van der Waals surface area contributed by atoms with Crippen LogP contribution in [0.25, 0.3) is 10.9 Å². The molecule has 0 bridgehead atoms. The van der Waals surface area contributed by atoms with Crippen molar-refractivity contribution >= 4 is 28.6 Å². The minimum absolute atomic E-state index is 0.0783. The Balaban J connectivity index is 1.76. The summed E-state index contributed by atoms with van der Waals surface area (Å²) in [5, 5.41) is 6.71. The van der Waals surface area contributed by atoms with Crippen molar-refractivity contribution in [1.82, 2.24) is 21.1 Å². The highest BCUT2D eigenvalue weighted by atomic mass is 16.6. The second-order valence-corrected chi connectivity index (χ2v) is 8.41. The van der Waals surface area contributed by atoms with Gasteiger partial charge in [-0.25, -0.2) is 0 Å². The number of carbonyl (C=O) groups is 3. The highest BCUT2D eigenvalue weighted by molar-refractivity contribution is 5.91. The third-order valence-corrected chi connectivity index (χ3v) is 5.45. The highest BCUT2D eigenvalue weighted by Gasteiger charge is 2.26. The summed E-state index contributed by atoms with van der Waals surface area (Å²) in [5.74, 6) is -1.36. The van der Waals surface area contributed by atoms with E-state index in [0.29, 0.717) is 6.42 Å². The van der Waals surface area contributed by atoms with E-state index in [-0.39, 0.29) is 25.5 Å². The monoisotopic (exact) mass is 480 g/mol. The summed E-state index contributed by atoms with van der Waals surface area (Å²) in [6.45, 7) is 1.49. The number of hydrogen-bond donors (Lipinski definition) is 6. The number of rotatable bonds is 13. The lowest BCUT2D eigenvalue weighted by Crippen LogP contribution is -2.54. The van der Waals surface area contributed by atoms with Crippen molar-refractivity contribution in [3.63, 3.8) is 0 Å². The number of primary amides is 1. The zero-order valence-corrected chi connectivity index (χ0v) is 19.6. The second-order valence-electron chi connectivity index (χ2n) is 8.41. The van der Waals surface area contributed by atoms with Gasteiger partial charge in [0.15, 0.2) is 0 Å². The standard InChI is InChI=1S/C25H32N6O4/c1-16(26)24(33)31-22(12-18-13-28-21-10-6-5-9-20(18)21)25(34)30-19(15-35-29-14-23(27)32)11-17-7-3-2-4-8-17/h2-10,13,16,19,22,28-29H,11-12,14-15,26H2,1H3,(H2,27,32)(H,30,34)(H,31,33)/t16-,19+,22+/m0/s1. The van der Waals surface area contributed by atoms with Gasteiger partial charge in [-0.2, -0.15) is 5.48 Å². The van der Waals surface area contributed by atoms with Crippen molar-refractivity contribution in [2.24, 2.45) is 11.5 Å². The molecular formula is C25H32N6O4. The molecule has 3 amide bonds. The summed E-state index contributed by atoms with van der Waals surface area (Å²) >= 11 is 0. The van der Waals surface area contributed by atoms with Crippen molar-refractivity contribution in [3.8, 4) is 0 Å². The minimum Gasteiger partial charge on any atom is -0.368 e. The second kappa shape index (κ2) is 12.7. The Kier molecular flexibility index (Phi) is 9.36. The van der Waals surface area contributed by atoms with Gasteiger partial charge in [-0.1, -0.05) is 48.5 Å². The first-order chi connectivity index (χ1) is 16.8. The first-order valence-corrected chi connectivity index (χ1v) is 11.4. The van der Waals surface area contributed by atoms with Crippen molar-refractivity contribution in [2.45, 2.75) is 37.9 Å². The number of hydroxylamine groups is 1. The number of benzene rings is 2. The number of para-hydroxylation sites is 1. The van der Waals surface area contributed by atoms with Gasteiger partial charge in [0.1, 0.15) is 6.04 Å². The third kappa shape index (κ3) is 7.92. The van der Waals surface area contributed by atoms with Crippen LogP contribution in [0.3, 0.4) is 0 Å². The van der Waals surface area contributed by atoms with Crippen LogP contribution in [0.4, 0.5) is 0 Å². The molecule has 0 radical (unpaired) electrons. The number of aromatic nitrogens is 1. The molecule has 8 N–H and O–H groups in total. The Hall–Kier alpha value is -3.73. The fourth-order valence-electron chi connectivity index (χ4n) is 3.67. The molecule has 0 aliphatic carbocycles. The molecule has 0 unspecified atom stereocenters. The van der Waals surface area contributed by atoms with Crippen molar-refractivity contribution in [1.29, 1.82) is 0 Å². The summed E-state index contributed by atoms with van der Waals surface area (Å²) in [6, 6.07) is 15.3. The fourth-order valence-corrected chi connectivity index (χ4v) is 3.67. The molecule has 1 aromatic heterocycles. The molecule has 2 aromatic carbocycles. The van der Waals surface area contributed by atoms with E-state index in [1.54, 1.807) is 6.92 Å². The van der Waals surface area contributed by atoms with Gasteiger partial charge in [0, 0.05) is 23.5 Å². The topological polar surface area (TPSA) is 164 Å². The Morgan fingerprint density at radius 1 is 0.971 bits per heavy atom. The van der Waals surface area contributed by atoms with E-state index < -0.39 is 29.9 Å². The molecule has 186 valence electrons. The molecule has 0 saturated heterocycles. The lowest BCUT2D eigenvalue weighted by Gasteiger charge is -2.24. The van der Waals surface area contributed by atoms with E-state index in [4.69, 9.17) is 16.3 Å². The van der Waals surface area contributed by atoms with Crippen molar-refractivity contribution in [2.75, 3.05) is 13.2 Å². The zero-order chi connectivity index (χ0) is 25.2. The van der Waals surface area contributed by atoms with Crippen LogP contribution in [0.2, 0.25) is 0 Å². The largest absolute Gasteiger partial charge is 0.368 e. The molecule has 0 aliphatic heterocycles. The number of hydrogen-bond acceptors (Lipinski definition) is 6. The molecule has 10 nitrogen and oxygen atoms in total. The number of amides is 3. The maximum Gasteiger partial charge on any atom is 0.243 e. The molecule has 3 aromatic rings. The third-order valence-electron chi connectivity index (χ3n) is 5.45. The van der Waals surface area contributed by atoms with Gasteiger partial charge in [0.05, 0.1) is 25.2 Å². The van der Waals surface area contributed by atoms with E-state index in [9.17, 15) is 14.4 Å². The molecule has 0 spiro atoms. The van der Waals surface area contributed by atoms with Gasteiger partial charge in [-0.3, -0.25) is 19.2 Å². The van der Waals surface area contributed by atoms with Crippen molar-refractivity contribution < 1.29 is 19.2 Å². The normalized spacial score (nSPS) is 13.7. The number of aromatic amines is 1. The summed E-state index contributed by atoms with van der Waals surface area (Å²) in [4.78, 5) is 45.3. The maximum absolute atomic E-state index is 13.4. The average molecular weight is 481 g/mol. The predicted octanol–water partition coefficient (Wildman–Crippen LogP) is 0.276. The van der Waals surface area contributed by atoms with Crippen LogP contribution in [0.1, 0.15) is 18.1 Å². The Bertz CT molecular complexity index is 1130. The quantitative estimate of drug-likeness (QED) is 0.152. The van der Waals surface area contributed by atoms with Gasteiger partial charge in [0.2, 0.25) is 17.7 Å². The van der Waals surface area contributed by atoms with Crippen LogP contribution in [0.15, 0.2) is 60.8 Å². The summed E-state index contributed by atoms with van der Waals surface area (Å²) < 4.78 is 0. The van der Waals surface area contributed by atoms with Gasteiger partial charge < -0.3 is 27.1 Å². The Labute approximate surface area is 203 Å². The maximum atomic E-state index is 13.4. The number of nitrogens with one attached hydrogen (secondary N) is 4. The summed E-state index contributed by atoms with van der Waals surface area (Å²) in [5.41, 5.74) is 16.2. The predicted molar refractivity (Wildman–Crippen MR) is 133 cm³/mol. The molecule has 0 aliphatic rings. The average Bonchev–Trinajstić information content (AvgIpc) is 3.24. The first kappa shape index (κ1) is 25.9. The molecule has 10 heteroatoms.